The smallest absolute Gasteiger partial charge is 0.261 e. The van der Waals surface area contributed by atoms with Gasteiger partial charge in [0.1, 0.15) is 0 Å². The van der Waals surface area contributed by atoms with E-state index >= 15 is 0 Å². The van der Waals surface area contributed by atoms with E-state index < -0.39 is 10.0 Å². The monoisotopic (exact) mass is 329 g/mol. The third-order valence-electron chi connectivity index (χ3n) is 2.89. The predicted octanol–water partition coefficient (Wildman–Crippen LogP) is 4.41. The number of nitrogens with one attached hydrogen (secondary N) is 1. The van der Waals surface area contributed by atoms with Crippen LogP contribution in [-0.2, 0) is 10.0 Å². The maximum absolute atomic E-state index is 12.3. The highest BCUT2D eigenvalue weighted by molar-refractivity contribution is 7.92. The topological polar surface area (TPSA) is 46.2 Å². The van der Waals surface area contributed by atoms with Crippen LogP contribution in [-0.4, -0.2) is 8.42 Å². The summed E-state index contributed by atoms with van der Waals surface area (Å²) in [6.45, 7) is 3.60. The largest absolute Gasteiger partial charge is 0.279 e. The highest BCUT2D eigenvalue weighted by atomic mass is 35.5. The third-order valence-corrected chi connectivity index (χ3v) is 4.89. The fraction of sp³-hybridized carbons (Fsp3) is 0.143. The first-order chi connectivity index (χ1) is 9.29. The molecule has 2 rings (SSSR count). The van der Waals surface area contributed by atoms with E-state index in [9.17, 15) is 8.42 Å². The molecule has 1 N–H and O–H groups in total. The lowest BCUT2D eigenvalue weighted by atomic mass is 10.2. The van der Waals surface area contributed by atoms with Crippen molar-refractivity contribution in [2.75, 3.05) is 4.72 Å². The normalized spacial score (nSPS) is 11.4. The van der Waals surface area contributed by atoms with Crippen LogP contribution in [0.1, 0.15) is 11.1 Å². The Kier molecular flexibility index (Phi) is 4.28. The zero-order valence-corrected chi connectivity index (χ0v) is 13.3. The summed E-state index contributed by atoms with van der Waals surface area (Å²) >= 11 is 11.8. The molecule has 0 aromatic heterocycles. The second-order valence-electron chi connectivity index (χ2n) is 4.48. The summed E-state index contributed by atoms with van der Waals surface area (Å²) in [5.74, 6) is 0. The summed E-state index contributed by atoms with van der Waals surface area (Å²) in [4.78, 5) is 0.127. The van der Waals surface area contributed by atoms with Crippen molar-refractivity contribution in [3.63, 3.8) is 0 Å². The van der Waals surface area contributed by atoms with Crippen molar-refractivity contribution in [3.05, 3.63) is 57.6 Å². The van der Waals surface area contributed by atoms with Crippen LogP contribution in [0, 0.1) is 13.8 Å². The van der Waals surface area contributed by atoms with Crippen molar-refractivity contribution in [2.45, 2.75) is 18.7 Å². The van der Waals surface area contributed by atoms with Crippen LogP contribution < -0.4 is 4.72 Å². The van der Waals surface area contributed by atoms with Gasteiger partial charge in [-0.3, -0.25) is 4.72 Å². The number of sulfonamides is 1. The Balaban J connectivity index is 2.38. The minimum atomic E-state index is -3.67. The first kappa shape index (κ1) is 15.2. The van der Waals surface area contributed by atoms with Gasteiger partial charge >= 0.3 is 0 Å². The molecule has 0 aliphatic heterocycles. The Hall–Kier alpha value is -1.23. The predicted molar refractivity (Wildman–Crippen MR) is 83.2 cm³/mol. The summed E-state index contributed by atoms with van der Waals surface area (Å²) < 4.78 is 27.1. The van der Waals surface area contributed by atoms with Gasteiger partial charge in [-0.05, 0) is 55.3 Å². The summed E-state index contributed by atoms with van der Waals surface area (Å²) in [6.07, 6.45) is 0. The van der Waals surface area contributed by atoms with Gasteiger partial charge in [-0.2, -0.15) is 0 Å². The number of halogens is 2. The van der Waals surface area contributed by atoms with Crippen LogP contribution in [0.4, 0.5) is 5.69 Å². The van der Waals surface area contributed by atoms with E-state index in [1.54, 1.807) is 31.2 Å². The van der Waals surface area contributed by atoms with E-state index in [1.165, 1.54) is 12.1 Å². The summed E-state index contributed by atoms with van der Waals surface area (Å²) in [5.41, 5.74) is 2.07. The van der Waals surface area contributed by atoms with Gasteiger partial charge in [-0.25, -0.2) is 8.42 Å². The molecule has 0 saturated heterocycles. The van der Waals surface area contributed by atoms with Crippen molar-refractivity contribution in [2.24, 2.45) is 0 Å². The average Bonchev–Trinajstić information content (AvgIpc) is 2.36. The molecular weight excluding hydrogens is 317 g/mol. The lowest BCUT2D eigenvalue weighted by Crippen LogP contribution is -2.13. The fourth-order valence-electron chi connectivity index (χ4n) is 1.69. The quantitative estimate of drug-likeness (QED) is 0.906. The second-order valence-corrected chi connectivity index (χ2v) is 7.00. The van der Waals surface area contributed by atoms with Crippen LogP contribution in [0.15, 0.2) is 41.3 Å². The minimum Gasteiger partial charge on any atom is -0.279 e. The van der Waals surface area contributed by atoms with Crippen molar-refractivity contribution in [3.8, 4) is 0 Å². The van der Waals surface area contributed by atoms with Gasteiger partial charge in [-0.1, -0.05) is 29.3 Å². The van der Waals surface area contributed by atoms with Crippen LogP contribution in [0.25, 0.3) is 0 Å². The van der Waals surface area contributed by atoms with Gasteiger partial charge in [0.2, 0.25) is 0 Å². The Labute approximate surface area is 128 Å². The highest BCUT2D eigenvalue weighted by Gasteiger charge is 2.16. The number of hydrogen-bond acceptors (Lipinski definition) is 2. The summed E-state index contributed by atoms with van der Waals surface area (Å²) in [7, 11) is -3.67. The molecule has 2 aromatic rings. The first-order valence-corrected chi connectivity index (χ1v) is 8.08. The maximum atomic E-state index is 12.3. The molecule has 106 valence electrons. The van der Waals surface area contributed by atoms with Crippen LogP contribution in [0.5, 0.6) is 0 Å². The van der Waals surface area contributed by atoms with Crippen molar-refractivity contribution >= 4 is 38.9 Å². The zero-order chi connectivity index (χ0) is 14.9. The van der Waals surface area contributed by atoms with Gasteiger partial charge in [0, 0.05) is 10.0 Å². The van der Waals surface area contributed by atoms with E-state index in [4.69, 9.17) is 23.2 Å². The molecule has 0 aliphatic carbocycles. The maximum Gasteiger partial charge on any atom is 0.261 e. The summed E-state index contributed by atoms with van der Waals surface area (Å²) in [6, 6.07) is 9.59. The van der Waals surface area contributed by atoms with E-state index in [-0.39, 0.29) is 4.90 Å². The zero-order valence-electron chi connectivity index (χ0n) is 10.9. The SMILES string of the molecule is Cc1ccc(S(=O)(=O)Nc2ccc(Cl)cc2C)cc1Cl. The molecule has 0 spiro atoms. The fourth-order valence-corrected chi connectivity index (χ4v) is 3.31. The van der Waals surface area contributed by atoms with E-state index in [0.29, 0.717) is 15.7 Å². The molecule has 0 unspecified atom stereocenters. The van der Waals surface area contributed by atoms with Crippen LogP contribution in [0.2, 0.25) is 10.0 Å². The first-order valence-electron chi connectivity index (χ1n) is 5.85. The molecule has 0 fully saturated rings. The average molecular weight is 330 g/mol. The molecule has 0 saturated carbocycles. The second kappa shape index (κ2) is 5.64. The molecule has 20 heavy (non-hydrogen) atoms. The Morgan fingerprint density at radius 1 is 0.950 bits per heavy atom. The van der Waals surface area contributed by atoms with Gasteiger partial charge in [0.25, 0.3) is 10.0 Å². The number of benzene rings is 2. The van der Waals surface area contributed by atoms with Gasteiger partial charge < -0.3 is 0 Å². The van der Waals surface area contributed by atoms with Crippen LogP contribution >= 0.6 is 23.2 Å². The molecule has 0 aliphatic rings. The molecule has 2 aromatic carbocycles. The standard InChI is InChI=1S/C14H13Cl2NO2S/c1-9-3-5-12(8-13(9)16)20(18,19)17-14-6-4-11(15)7-10(14)2/h3-8,17H,1-2H3. The minimum absolute atomic E-state index is 0.127. The third kappa shape index (κ3) is 3.26. The molecular formula is C14H13Cl2NO2S. The number of anilines is 1. The van der Waals surface area contributed by atoms with E-state index in [2.05, 4.69) is 4.72 Å². The van der Waals surface area contributed by atoms with Crippen molar-refractivity contribution in [1.29, 1.82) is 0 Å². The van der Waals surface area contributed by atoms with E-state index in [1.807, 2.05) is 6.92 Å². The van der Waals surface area contributed by atoms with Gasteiger partial charge in [-0.15, -0.1) is 0 Å². The highest BCUT2D eigenvalue weighted by Crippen LogP contribution is 2.25. The van der Waals surface area contributed by atoms with Crippen LogP contribution in [0.3, 0.4) is 0 Å². The number of hydrogen-bond donors (Lipinski definition) is 1. The Morgan fingerprint density at radius 2 is 1.65 bits per heavy atom. The molecule has 3 nitrogen and oxygen atoms in total. The van der Waals surface area contributed by atoms with Crippen molar-refractivity contribution < 1.29 is 8.42 Å². The number of rotatable bonds is 3. The lowest BCUT2D eigenvalue weighted by Gasteiger charge is -2.11. The lowest BCUT2D eigenvalue weighted by molar-refractivity contribution is 0.601. The number of aryl methyl sites for hydroxylation is 2. The molecule has 6 heteroatoms. The molecule has 0 heterocycles. The molecule has 0 amide bonds. The van der Waals surface area contributed by atoms with Crippen molar-refractivity contribution in [1.82, 2.24) is 0 Å². The Bertz CT molecular complexity index is 758. The molecule has 0 radical (unpaired) electrons. The summed E-state index contributed by atoms with van der Waals surface area (Å²) in [5, 5.41) is 0.976. The molecule has 0 atom stereocenters. The Morgan fingerprint density at radius 3 is 2.25 bits per heavy atom. The van der Waals surface area contributed by atoms with Gasteiger partial charge in [0.05, 0.1) is 10.6 Å². The van der Waals surface area contributed by atoms with E-state index in [0.717, 1.165) is 11.1 Å². The van der Waals surface area contributed by atoms with Gasteiger partial charge in [0.15, 0.2) is 0 Å². The molecule has 0 bridgehead atoms.